The lowest BCUT2D eigenvalue weighted by Gasteiger charge is -2.30. The first-order chi connectivity index (χ1) is 14.1. The number of hydrogen-bond acceptors (Lipinski definition) is 4. The largest absolute Gasteiger partial charge is 0.378 e. The molecule has 1 aliphatic carbocycles. The Balaban J connectivity index is 1.62. The molecule has 7 heteroatoms. The first-order valence-electron chi connectivity index (χ1n) is 10.4. The molecule has 152 valence electrons. The van der Waals surface area contributed by atoms with Crippen molar-refractivity contribution in [2.75, 3.05) is 6.61 Å². The third-order valence-electron chi connectivity index (χ3n) is 6.16. The van der Waals surface area contributed by atoms with E-state index in [0.29, 0.717) is 17.7 Å². The third-order valence-corrected chi connectivity index (χ3v) is 6.40. The second-order valence-electron chi connectivity index (χ2n) is 8.28. The lowest BCUT2D eigenvalue weighted by Crippen LogP contribution is -2.40. The highest BCUT2D eigenvalue weighted by atomic mass is 35.5. The second-order valence-corrected chi connectivity index (χ2v) is 8.72. The van der Waals surface area contributed by atoms with Crippen LogP contribution in [0.4, 0.5) is 0 Å². The fraction of sp³-hybridized carbons (Fsp3) is 0.500. The molecular formula is C22H25ClN4O2. The molecule has 2 fully saturated rings. The molecule has 5 rings (SSSR count). The van der Waals surface area contributed by atoms with Gasteiger partial charge in [-0.05, 0) is 57.2 Å². The molecule has 1 amide bonds. The van der Waals surface area contributed by atoms with Crippen LogP contribution in [0, 0.1) is 0 Å². The minimum atomic E-state index is 0.0432. The Bertz CT molecular complexity index is 1080. The van der Waals surface area contributed by atoms with E-state index in [1.165, 1.54) is 6.42 Å². The first kappa shape index (κ1) is 18.8. The predicted octanol–water partition coefficient (Wildman–Crippen LogP) is 4.19. The van der Waals surface area contributed by atoms with E-state index < -0.39 is 0 Å². The van der Waals surface area contributed by atoms with Crippen LogP contribution >= 0.6 is 11.6 Å². The maximum atomic E-state index is 12.7. The number of imidazole rings is 1. The van der Waals surface area contributed by atoms with Crippen molar-refractivity contribution in [3.63, 3.8) is 0 Å². The number of halogens is 1. The molecule has 0 bridgehead atoms. The maximum absolute atomic E-state index is 12.7. The average molecular weight is 413 g/mol. The molecule has 1 saturated heterocycles. The number of rotatable bonds is 4. The number of fused-ring (bicyclic) bond motifs is 3. The summed E-state index contributed by atoms with van der Waals surface area (Å²) in [5, 5.41) is 4.79. The van der Waals surface area contributed by atoms with Gasteiger partial charge in [-0.3, -0.25) is 9.78 Å². The minimum absolute atomic E-state index is 0.0432. The second kappa shape index (κ2) is 7.58. The van der Waals surface area contributed by atoms with E-state index in [4.69, 9.17) is 21.3 Å². The first-order valence-corrected chi connectivity index (χ1v) is 10.8. The van der Waals surface area contributed by atoms with Crippen molar-refractivity contribution in [2.24, 2.45) is 0 Å². The van der Waals surface area contributed by atoms with E-state index in [-0.39, 0.29) is 24.5 Å². The van der Waals surface area contributed by atoms with Gasteiger partial charge in [0.15, 0.2) is 0 Å². The minimum Gasteiger partial charge on any atom is -0.378 e. The van der Waals surface area contributed by atoms with E-state index in [9.17, 15) is 4.79 Å². The van der Waals surface area contributed by atoms with E-state index in [2.05, 4.69) is 21.8 Å². The summed E-state index contributed by atoms with van der Waals surface area (Å²) in [7, 11) is 0. The molecule has 0 unspecified atom stereocenters. The molecular weight excluding hydrogens is 388 g/mol. The van der Waals surface area contributed by atoms with Gasteiger partial charge >= 0.3 is 0 Å². The van der Waals surface area contributed by atoms with E-state index in [1.807, 2.05) is 18.2 Å². The normalized spacial score (nSPS) is 22.7. The van der Waals surface area contributed by atoms with Crippen molar-refractivity contribution in [3.05, 3.63) is 35.2 Å². The van der Waals surface area contributed by atoms with Crippen LogP contribution in [0.1, 0.15) is 50.9 Å². The summed E-state index contributed by atoms with van der Waals surface area (Å²) >= 11 is 6.31. The standard InChI is InChI=1S/C22H25ClN4O2/c1-13-9-16(7-8-29-13)27-20(11-21(28)25-15-3-2-4-15)26-19-12-24-18-6-5-14(23)10-17(18)22(19)27/h5-6,10,12-13,15-16H,2-4,7-9,11H2,1H3,(H,25,28)/t13-,16-/m1/s1. The van der Waals surface area contributed by atoms with Gasteiger partial charge in [0.2, 0.25) is 5.91 Å². The third kappa shape index (κ3) is 3.60. The van der Waals surface area contributed by atoms with Gasteiger partial charge in [0.1, 0.15) is 11.3 Å². The van der Waals surface area contributed by atoms with Crippen LogP contribution in [-0.4, -0.2) is 39.2 Å². The fourth-order valence-electron chi connectivity index (χ4n) is 4.50. The number of carbonyl (C=O) groups is 1. The van der Waals surface area contributed by atoms with Gasteiger partial charge in [-0.2, -0.15) is 0 Å². The molecule has 0 radical (unpaired) electrons. The highest BCUT2D eigenvalue weighted by Gasteiger charge is 2.28. The summed E-state index contributed by atoms with van der Waals surface area (Å²) in [6.07, 6.45) is 7.41. The Morgan fingerprint density at radius 3 is 2.93 bits per heavy atom. The van der Waals surface area contributed by atoms with Crippen LogP contribution in [0.5, 0.6) is 0 Å². The summed E-state index contributed by atoms with van der Waals surface area (Å²) < 4.78 is 8.03. The number of ether oxygens (including phenoxy) is 1. The topological polar surface area (TPSA) is 69.0 Å². The zero-order chi connectivity index (χ0) is 20.0. The van der Waals surface area contributed by atoms with Crippen LogP contribution < -0.4 is 5.32 Å². The predicted molar refractivity (Wildman–Crippen MR) is 113 cm³/mol. The fourth-order valence-corrected chi connectivity index (χ4v) is 4.67. The summed E-state index contributed by atoms with van der Waals surface area (Å²) in [5.74, 6) is 0.840. The van der Waals surface area contributed by atoms with Crippen molar-refractivity contribution in [3.8, 4) is 0 Å². The number of hydrogen-bond donors (Lipinski definition) is 1. The number of carbonyl (C=O) groups excluding carboxylic acids is 1. The van der Waals surface area contributed by atoms with Crippen LogP contribution in [-0.2, 0) is 16.0 Å². The molecule has 2 aliphatic rings. The van der Waals surface area contributed by atoms with Crippen molar-refractivity contribution in [1.29, 1.82) is 0 Å². The van der Waals surface area contributed by atoms with Crippen molar-refractivity contribution < 1.29 is 9.53 Å². The molecule has 2 aromatic heterocycles. The molecule has 3 aromatic rings. The number of nitrogens with one attached hydrogen (secondary N) is 1. The van der Waals surface area contributed by atoms with Crippen molar-refractivity contribution in [2.45, 2.75) is 63.6 Å². The van der Waals surface area contributed by atoms with Gasteiger partial charge in [0.05, 0.1) is 29.8 Å². The molecule has 0 spiro atoms. The number of pyridine rings is 1. The highest BCUT2D eigenvalue weighted by molar-refractivity contribution is 6.31. The van der Waals surface area contributed by atoms with Crippen LogP contribution in [0.15, 0.2) is 24.4 Å². The Morgan fingerprint density at radius 2 is 2.17 bits per heavy atom. The van der Waals surface area contributed by atoms with E-state index in [1.54, 1.807) is 6.20 Å². The molecule has 1 saturated carbocycles. The molecule has 1 aromatic carbocycles. The van der Waals surface area contributed by atoms with E-state index >= 15 is 0 Å². The Morgan fingerprint density at radius 1 is 1.31 bits per heavy atom. The van der Waals surface area contributed by atoms with Gasteiger partial charge in [-0.25, -0.2) is 4.98 Å². The Labute approximate surface area is 174 Å². The highest BCUT2D eigenvalue weighted by Crippen LogP contribution is 2.34. The number of aromatic nitrogens is 3. The van der Waals surface area contributed by atoms with Crippen LogP contribution in [0.3, 0.4) is 0 Å². The molecule has 29 heavy (non-hydrogen) atoms. The number of nitrogens with zero attached hydrogens (tertiary/aromatic N) is 3. The molecule has 6 nitrogen and oxygen atoms in total. The monoisotopic (exact) mass is 412 g/mol. The zero-order valence-electron chi connectivity index (χ0n) is 16.5. The molecule has 2 atom stereocenters. The number of benzene rings is 1. The summed E-state index contributed by atoms with van der Waals surface area (Å²) in [6.45, 7) is 2.81. The van der Waals surface area contributed by atoms with Gasteiger partial charge in [0.25, 0.3) is 0 Å². The van der Waals surface area contributed by atoms with E-state index in [0.717, 1.165) is 53.4 Å². The molecule has 1 aliphatic heterocycles. The number of amides is 1. The smallest absolute Gasteiger partial charge is 0.227 e. The van der Waals surface area contributed by atoms with Crippen LogP contribution in [0.25, 0.3) is 21.9 Å². The van der Waals surface area contributed by atoms with Gasteiger partial charge in [-0.1, -0.05) is 11.6 Å². The average Bonchev–Trinajstić information content (AvgIpc) is 3.03. The van der Waals surface area contributed by atoms with Gasteiger partial charge in [0, 0.05) is 29.1 Å². The van der Waals surface area contributed by atoms with Crippen molar-refractivity contribution in [1.82, 2.24) is 19.9 Å². The Hall–Kier alpha value is -2.18. The Kier molecular flexibility index (Phi) is 4.92. The lowest BCUT2D eigenvalue weighted by molar-refractivity contribution is -0.121. The SMILES string of the molecule is C[C@@H]1C[C@H](n2c(CC(=O)NC3CCC3)nc3cnc4ccc(Cl)cc4c32)CCO1. The molecule has 3 heterocycles. The summed E-state index contributed by atoms with van der Waals surface area (Å²) in [5.41, 5.74) is 2.71. The summed E-state index contributed by atoms with van der Waals surface area (Å²) in [6, 6.07) is 6.30. The maximum Gasteiger partial charge on any atom is 0.227 e. The lowest BCUT2D eigenvalue weighted by atomic mass is 9.93. The van der Waals surface area contributed by atoms with Crippen molar-refractivity contribution >= 4 is 39.4 Å². The summed E-state index contributed by atoms with van der Waals surface area (Å²) in [4.78, 5) is 22.1. The quantitative estimate of drug-likeness (QED) is 0.697. The zero-order valence-corrected chi connectivity index (χ0v) is 17.3. The van der Waals surface area contributed by atoms with Gasteiger partial charge in [-0.15, -0.1) is 0 Å². The van der Waals surface area contributed by atoms with Gasteiger partial charge < -0.3 is 14.6 Å². The van der Waals surface area contributed by atoms with Crippen LogP contribution in [0.2, 0.25) is 5.02 Å². The molecule has 1 N–H and O–H groups in total.